The van der Waals surface area contributed by atoms with Gasteiger partial charge in [-0.2, -0.15) is 0 Å². The highest BCUT2D eigenvalue weighted by atomic mass is 35.5. The van der Waals surface area contributed by atoms with Crippen LogP contribution in [0.1, 0.15) is 10.7 Å². The Hall–Kier alpha value is -2.22. The van der Waals surface area contributed by atoms with Gasteiger partial charge >= 0.3 is 0 Å². The van der Waals surface area contributed by atoms with Crippen LogP contribution in [0.2, 0.25) is 5.15 Å². The van der Waals surface area contributed by atoms with Gasteiger partial charge in [-0.15, -0.1) is 22.7 Å². The Balaban J connectivity index is 1.50. The van der Waals surface area contributed by atoms with E-state index in [-0.39, 0.29) is 5.91 Å². The number of benzene rings is 1. The van der Waals surface area contributed by atoms with Crippen molar-refractivity contribution in [3.63, 3.8) is 0 Å². The topological polar surface area (TPSA) is 50.5 Å². The van der Waals surface area contributed by atoms with Gasteiger partial charge in [0, 0.05) is 24.7 Å². The first-order chi connectivity index (χ1) is 12.1. The molecule has 126 valence electrons. The molecule has 0 atom stereocenters. The average Bonchev–Trinajstić information content (AvgIpc) is 3.26. The Morgan fingerprint density at radius 2 is 2.20 bits per heavy atom. The fourth-order valence-corrected chi connectivity index (χ4v) is 4.50. The smallest absolute Gasteiger partial charge is 0.246 e. The van der Waals surface area contributed by atoms with Crippen molar-refractivity contribution >= 4 is 61.4 Å². The van der Waals surface area contributed by atoms with Crippen molar-refractivity contribution in [2.45, 2.75) is 6.54 Å². The Morgan fingerprint density at radius 3 is 3.04 bits per heavy atom. The van der Waals surface area contributed by atoms with E-state index in [1.165, 1.54) is 17.4 Å². The molecular weight excluding hydrogens is 376 g/mol. The molecule has 4 rings (SSSR count). The highest BCUT2D eigenvalue weighted by Gasteiger charge is 2.12. The van der Waals surface area contributed by atoms with E-state index in [0.717, 1.165) is 20.2 Å². The molecule has 1 amide bonds. The van der Waals surface area contributed by atoms with Crippen molar-refractivity contribution in [2.75, 3.05) is 7.05 Å². The molecule has 0 aliphatic carbocycles. The summed E-state index contributed by atoms with van der Waals surface area (Å²) < 4.78 is 2.99. The van der Waals surface area contributed by atoms with Gasteiger partial charge in [-0.3, -0.25) is 9.20 Å². The molecule has 3 aromatic heterocycles. The van der Waals surface area contributed by atoms with E-state index < -0.39 is 0 Å². The van der Waals surface area contributed by atoms with E-state index in [1.54, 1.807) is 29.4 Å². The highest BCUT2D eigenvalue weighted by molar-refractivity contribution is 7.18. The second-order valence-corrected chi connectivity index (χ2v) is 7.79. The summed E-state index contributed by atoms with van der Waals surface area (Å²) in [6.45, 7) is 0.469. The molecule has 5 nitrogen and oxygen atoms in total. The third-order valence-corrected chi connectivity index (χ3v) is 5.78. The van der Waals surface area contributed by atoms with Gasteiger partial charge in [-0.25, -0.2) is 9.97 Å². The zero-order chi connectivity index (χ0) is 17.4. The monoisotopic (exact) mass is 388 g/mol. The minimum absolute atomic E-state index is 0.111. The molecule has 0 spiro atoms. The predicted octanol–water partition coefficient (Wildman–Crippen LogP) is 4.33. The molecular formula is C17H13ClN4OS2. The van der Waals surface area contributed by atoms with Gasteiger partial charge in [0.2, 0.25) is 5.91 Å². The molecule has 0 radical (unpaired) electrons. The summed E-state index contributed by atoms with van der Waals surface area (Å²) >= 11 is 9.24. The van der Waals surface area contributed by atoms with Crippen LogP contribution < -0.4 is 0 Å². The molecule has 0 bridgehead atoms. The van der Waals surface area contributed by atoms with Gasteiger partial charge in [0.05, 0.1) is 22.5 Å². The lowest BCUT2D eigenvalue weighted by Gasteiger charge is -2.12. The summed E-state index contributed by atoms with van der Waals surface area (Å²) in [6, 6.07) is 7.96. The first-order valence-electron chi connectivity index (χ1n) is 7.50. The van der Waals surface area contributed by atoms with Crippen molar-refractivity contribution in [1.82, 2.24) is 19.3 Å². The van der Waals surface area contributed by atoms with E-state index >= 15 is 0 Å². The number of rotatable bonds is 4. The maximum absolute atomic E-state index is 12.4. The summed E-state index contributed by atoms with van der Waals surface area (Å²) in [5.74, 6) is -0.111. The van der Waals surface area contributed by atoms with Gasteiger partial charge in [-0.05, 0) is 18.2 Å². The normalized spacial score (nSPS) is 11.8. The quantitative estimate of drug-likeness (QED) is 0.489. The summed E-state index contributed by atoms with van der Waals surface area (Å²) in [6.07, 6.45) is 5.10. The lowest BCUT2D eigenvalue weighted by molar-refractivity contribution is -0.125. The number of carbonyl (C=O) groups excluding carboxylic acids is 1. The second kappa shape index (κ2) is 6.59. The number of thiazole rings is 2. The number of imidazole rings is 1. The van der Waals surface area contributed by atoms with Crippen LogP contribution in [0, 0.1) is 0 Å². The van der Waals surface area contributed by atoms with Crippen LogP contribution in [0.5, 0.6) is 0 Å². The second-order valence-electron chi connectivity index (χ2n) is 5.45. The van der Waals surface area contributed by atoms with Gasteiger partial charge in [0.1, 0.15) is 5.01 Å². The van der Waals surface area contributed by atoms with Gasteiger partial charge in [0.15, 0.2) is 10.1 Å². The number of carbonyl (C=O) groups is 1. The molecule has 3 heterocycles. The first kappa shape index (κ1) is 16.3. The fraction of sp³-hybridized carbons (Fsp3) is 0.118. The Labute approximate surface area is 156 Å². The number of nitrogens with zero attached hydrogens (tertiary/aromatic N) is 4. The summed E-state index contributed by atoms with van der Waals surface area (Å²) in [5.41, 5.74) is 1.67. The number of para-hydroxylation sites is 1. The molecule has 25 heavy (non-hydrogen) atoms. The lowest BCUT2D eigenvalue weighted by Crippen LogP contribution is -2.24. The van der Waals surface area contributed by atoms with E-state index in [9.17, 15) is 4.79 Å². The van der Waals surface area contributed by atoms with Gasteiger partial charge in [0.25, 0.3) is 0 Å². The number of amides is 1. The van der Waals surface area contributed by atoms with Crippen LogP contribution in [-0.4, -0.2) is 32.2 Å². The summed E-state index contributed by atoms with van der Waals surface area (Å²) in [5, 5.41) is 3.23. The maximum atomic E-state index is 12.4. The van der Waals surface area contributed by atoms with Crippen LogP contribution in [0.4, 0.5) is 0 Å². The molecule has 1 aromatic carbocycles. The minimum Gasteiger partial charge on any atom is -0.335 e. The summed E-state index contributed by atoms with van der Waals surface area (Å²) in [4.78, 5) is 23.6. The lowest BCUT2D eigenvalue weighted by atomic mass is 10.3. The molecule has 8 heteroatoms. The molecule has 0 N–H and O–H groups in total. The first-order valence-corrected chi connectivity index (χ1v) is 9.58. The van der Waals surface area contributed by atoms with Gasteiger partial charge < -0.3 is 4.90 Å². The van der Waals surface area contributed by atoms with Crippen molar-refractivity contribution in [2.24, 2.45) is 0 Å². The van der Waals surface area contributed by atoms with Crippen LogP contribution in [-0.2, 0) is 11.3 Å². The van der Waals surface area contributed by atoms with Crippen LogP contribution >= 0.6 is 34.3 Å². The third-order valence-electron chi connectivity index (χ3n) is 3.72. The number of halogens is 1. The fourth-order valence-electron chi connectivity index (χ4n) is 2.47. The SMILES string of the molecule is CN(Cc1nc2ccccc2s1)C(=O)/C=C/c1c(Cl)nc2sccn12. The van der Waals surface area contributed by atoms with Crippen LogP contribution in [0.3, 0.4) is 0 Å². The predicted molar refractivity (Wildman–Crippen MR) is 103 cm³/mol. The number of aromatic nitrogens is 3. The maximum Gasteiger partial charge on any atom is 0.246 e. The zero-order valence-electron chi connectivity index (χ0n) is 13.2. The largest absolute Gasteiger partial charge is 0.335 e. The molecule has 0 aliphatic heterocycles. The number of fused-ring (bicyclic) bond motifs is 2. The standard InChI is InChI=1S/C17H13ClN4OS2/c1-21(10-14-19-11-4-2-3-5-13(11)25-14)15(23)7-6-12-16(18)20-17-22(12)8-9-24-17/h2-9H,10H2,1H3/b7-6+. The third kappa shape index (κ3) is 3.18. The molecule has 0 unspecified atom stereocenters. The molecule has 0 saturated heterocycles. The van der Waals surface area contributed by atoms with Gasteiger partial charge in [-0.1, -0.05) is 23.7 Å². The van der Waals surface area contributed by atoms with E-state index in [4.69, 9.17) is 11.6 Å². The van der Waals surface area contributed by atoms with E-state index in [1.807, 2.05) is 40.2 Å². The van der Waals surface area contributed by atoms with Crippen LogP contribution in [0.15, 0.2) is 41.9 Å². The summed E-state index contributed by atoms with van der Waals surface area (Å²) in [7, 11) is 1.76. The number of hydrogen-bond acceptors (Lipinski definition) is 5. The average molecular weight is 389 g/mol. The van der Waals surface area contributed by atoms with Crippen molar-refractivity contribution in [3.05, 3.63) is 57.8 Å². The van der Waals surface area contributed by atoms with Crippen molar-refractivity contribution < 1.29 is 4.79 Å². The van der Waals surface area contributed by atoms with E-state index in [0.29, 0.717) is 17.4 Å². The molecule has 0 aliphatic rings. The number of likely N-dealkylation sites (N-methyl/N-ethyl adjacent to an activating group) is 1. The Kier molecular flexibility index (Phi) is 4.29. The Morgan fingerprint density at radius 1 is 1.36 bits per heavy atom. The minimum atomic E-state index is -0.111. The zero-order valence-corrected chi connectivity index (χ0v) is 15.6. The van der Waals surface area contributed by atoms with Crippen molar-refractivity contribution in [3.8, 4) is 0 Å². The van der Waals surface area contributed by atoms with Crippen molar-refractivity contribution in [1.29, 1.82) is 0 Å². The molecule has 4 aromatic rings. The van der Waals surface area contributed by atoms with Crippen LogP contribution in [0.25, 0.3) is 21.3 Å². The molecule has 0 fully saturated rings. The van der Waals surface area contributed by atoms with E-state index in [2.05, 4.69) is 9.97 Å². The molecule has 0 saturated carbocycles. The number of hydrogen-bond donors (Lipinski definition) is 0. The highest BCUT2D eigenvalue weighted by Crippen LogP contribution is 2.24. The Bertz CT molecular complexity index is 1060.